The molecule has 1 atom stereocenters. The van der Waals surface area contributed by atoms with E-state index < -0.39 is 0 Å². The van der Waals surface area contributed by atoms with Crippen molar-refractivity contribution in [3.8, 4) is 0 Å². The molecular formula is C10H18N2O. The van der Waals surface area contributed by atoms with E-state index >= 15 is 0 Å². The molecule has 2 fully saturated rings. The molecule has 1 amide bonds. The predicted octanol–water partition coefficient (Wildman–Crippen LogP) is 0.511. The highest BCUT2D eigenvalue weighted by molar-refractivity contribution is 5.76. The lowest BCUT2D eigenvalue weighted by Crippen LogP contribution is -2.53. The first-order valence-electron chi connectivity index (χ1n) is 5.26. The number of hydrogen-bond donors (Lipinski definition) is 2. The van der Waals surface area contributed by atoms with Gasteiger partial charge in [-0.05, 0) is 25.7 Å². The van der Waals surface area contributed by atoms with E-state index in [0.29, 0.717) is 17.9 Å². The zero-order valence-electron chi connectivity index (χ0n) is 8.18. The molecule has 13 heavy (non-hydrogen) atoms. The van der Waals surface area contributed by atoms with E-state index in [4.69, 9.17) is 0 Å². The van der Waals surface area contributed by atoms with Crippen molar-refractivity contribution in [2.45, 2.75) is 32.2 Å². The quantitative estimate of drug-likeness (QED) is 0.665. The van der Waals surface area contributed by atoms with Crippen molar-refractivity contribution in [1.29, 1.82) is 0 Å². The van der Waals surface area contributed by atoms with Gasteiger partial charge >= 0.3 is 0 Å². The summed E-state index contributed by atoms with van der Waals surface area (Å²) in [6, 6.07) is 0.354. The molecule has 1 saturated heterocycles. The zero-order valence-corrected chi connectivity index (χ0v) is 8.18. The van der Waals surface area contributed by atoms with Crippen LogP contribution in [0.4, 0.5) is 0 Å². The van der Waals surface area contributed by atoms with Gasteiger partial charge in [0.25, 0.3) is 0 Å². The molecule has 2 aliphatic rings. The Morgan fingerprint density at radius 1 is 1.54 bits per heavy atom. The maximum absolute atomic E-state index is 11.4. The monoisotopic (exact) mass is 182 g/mol. The fourth-order valence-electron chi connectivity index (χ4n) is 1.68. The highest BCUT2D eigenvalue weighted by Gasteiger charge is 2.28. The molecule has 1 aliphatic carbocycles. The molecule has 0 spiro atoms. The molecule has 0 aromatic heterocycles. The van der Waals surface area contributed by atoms with E-state index in [9.17, 15) is 4.79 Å². The normalized spacial score (nSPS) is 25.0. The Bertz CT molecular complexity index is 197. The van der Waals surface area contributed by atoms with Gasteiger partial charge in [-0.15, -0.1) is 0 Å². The third-order valence-electron chi connectivity index (χ3n) is 3.08. The number of nitrogens with one attached hydrogen (secondary N) is 2. The first kappa shape index (κ1) is 9.00. The predicted molar refractivity (Wildman–Crippen MR) is 51.3 cm³/mol. The Kier molecular flexibility index (Phi) is 2.54. The summed E-state index contributed by atoms with van der Waals surface area (Å²) < 4.78 is 0. The topological polar surface area (TPSA) is 41.1 Å². The summed E-state index contributed by atoms with van der Waals surface area (Å²) in [5.74, 6) is 1.61. The van der Waals surface area contributed by atoms with E-state index in [2.05, 4.69) is 17.6 Å². The Balaban J connectivity index is 1.65. The van der Waals surface area contributed by atoms with Crippen LogP contribution < -0.4 is 10.6 Å². The minimum atomic E-state index is 0.252. The van der Waals surface area contributed by atoms with Crippen LogP contribution in [0.2, 0.25) is 0 Å². The van der Waals surface area contributed by atoms with Gasteiger partial charge in [0.05, 0.1) is 0 Å². The maximum Gasteiger partial charge on any atom is 0.220 e. The summed E-state index contributed by atoms with van der Waals surface area (Å²) in [5.41, 5.74) is 0. The highest BCUT2D eigenvalue weighted by atomic mass is 16.1. The van der Waals surface area contributed by atoms with E-state index in [-0.39, 0.29) is 5.91 Å². The molecule has 0 radical (unpaired) electrons. The van der Waals surface area contributed by atoms with E-state index in [0.717, 1.165) is 19.5 Å². The number of hydrogen-bond acceptors (Lipinski definition) is 2. The number of carbonyl (C=O) groups is 1. The van der Waals surface area contributed by atoms with Crippen LogP contribution in [0.5, 0.6) is 0 Å². The van der Waals surface area contributed by atoms with Crippen molar-refractivity contribution in [3.63, 3.8) is 0 Å². The molecule has 0 aromatic carbocycles. The first-order valence-corrected chi connectivity index (χ1v) is 5.26. The fraction of sp³-hybridized carbons (Fsp3) is 0.900. The third-order valence-corrected chi connectivity index (χ3v) is 3.08. The van der Waals surface area contributed by atoms with Crippen molar-refractivity contribution in [3.05, 3.63) is 0 Å². The van der Waals surface area contributed by atoms with Gasteiger partial charge in [0.1, 0.15) is 0 Å². The van der Waals surface area contributed by atoms with Gasteiger partial charge in [-0.3, -0.25) is 4.79 Å². The van der Waals surface area contributed by atoms with Crippen LogP contribution in [0.15, 0.2) is 0 Å². The first-order chi connectivity index (χ1) is 6.25. The molecule has 3 nitrogen and oxygen atoms in total. The molecule has 0 bridgehead atoms. The van der Waals surface area contributed by atoms with Crippen molar-refractivity contribution < 1.29 is 4.79 Å². The van der Waals surface area contributed by atoms with Gasteiger partial charge in [0.2, 0.25) is 5.91 Å². The third kappa shape index (κ3) is 2.44. The van der Waals surface area contributed by atoms with E-state index in [1.54, 1.807) is 0 Å². The average Bonchev–Trinajstić information content (AvgIpc) is 2.65. The van der Waals surface area contributed by atoms with Gasteiger partial charge < -0.3 is 10.6 Å². The smallest absolute Gasteiger partial charge is 0.220 e. The van der Waals surface area contributed by atoms with Crippen molar-refractivity contribution in [1.82, 2.24) is 10.6 Å². The van der Waals surface area contributed by atoms with Crippen molar-refractivity contribution in [2.24, 2.45) is 11.8 Å². The Morgan fingerprint density at radius 2 is 2.23 bits per heavy atom. The van der Waals surface area contributed by atoms with Crippen LogP contribution in [0.25, 0.3) is 0 Å². The lowest BCUT2D eigenvalue weighted by molar-refractivity contribution is -0.122. The molecule has 1 heterocycles. The Hall–Kier alpha value is -0.570. The molecule has 1 saturated carbocycles. The highest BCUT2D eigenvalue weighted by Crippen LogP contribution is 2.32. The lowest BCUT2D eigenvalue weighted by atomic mass is 9.95. The van der Waals surface area contributed by atoms with E-state index in [1.165, 1.54) is 12.8 Å². The van der Waals surface area contributed by atoms with Crippen LogP contribution in [0.3, 0.4) is 0 Å². The second kappa shape index (κ2) is 3.66. The molecule has 1 aliphatic heterocycles. The summed E-state index contributed by atoms with van der Waals surface area (Å²) >= 11 is 0. The summed E-state index contributed by atoms with van der Waals surface area (Å²) in [5, 5.41) is 6.29. The molecule has 1 unspecified atom stereocenters. The maximum atomic E-state index is 11.4. The van der Waals surface area contributed by atoms with Gasteiger partial charge in [-0.25, -0.2) is 0 Å². The summed E-state index contributed by atoms with van der Waals surface area (Å²) in [7, 11) is 0. The Labute approximate surface area is 79.3 Å². The molecule has 74 valence electrons. The zero-order chi connectivity index (χ0) is 9.26. The van der Waals surface area contributed by atoms with Gasteiger partial charge in [0, 0.05) is 31.5 Å². The number of amides is 1. The standard InChI is InChI=1S/C10H18N2O/c1-7(9-5-11-6-9)12-10(13)4-8-2-3-8/h7-9,11H,2-6H2,1H3,(H,12,13). The van der Waals surface area contributed by atoms with E-state index in [1.807, 2.05) is 0 Å². The number of carbonyl (C=O) groups excluding carboxylic acids is 1. The van der Waals surface area contributed by atoms with Gasteiger partial charge in [-0.2, -0.15) is 0 Å². The van der Waals surface area contributed by atoms with Crippen LogP contribution in [-0.2, 0) is 4.79 Å². The minimum absolute atomic E-state index is 0.252. The lowest BCUT2D eigenvalue weighted by Gasteiger charge is -2.33. The van der Waals surface area contributed by atoms with Crippen LogP contribution in [0.1, 0.15) is 26.2 Å². The molecule has 2 rings (SSSR count). The van der Waals surface area contributed by atoms with Crippen LogP contribution in [-0.4, -0.2) is 25.0 Å². The van der Waals surface area contributed by atoms with Gasteiger partial charge in [0.15, 0.2) is 0 Å². The SMILES string of the molecule is CC(NC(=O)CC1CC1)C1CNC1. The molecular weight excluding hydrogens is 164 g/mol. The molecule has 3 heteroatoms. The summed E-state index contributed by atoms with van der Waals surface area (Å²) in [6.45, 7) is 4.23. The largest absolute Gasteiger partial charge is 0.353 e. The number of rotatable bonds is 4. The average molecular weight is 182 g/mol. The Morgan fingerprint density at radius 3 is 2.69 bits per heavy atom. The van der Waals surface area contributed by atoms with Crippen molar-refractivity contribution in [2.75, 3.05) is 13.1 Å². The minimum Gasteiger partial charge on any atom is -0.353 e. The van der Waals surface area contributed by atoms with Crippen LogP contribution in [0, 0.1) is 11.8 Å². The fourth-order valence-corrected chi connectivity index (χ4v) is 1.68. The summed E-state index contributed by atoms with van der Waals surface area (Å²) in [6.07, 6.45) is 3.27. The van der Waals surface area contributed by atoms with Crippen molar-refractivity contribution >= 4 is 5.91 Å². The van der Waals surface area contributed by atoms with Gasteiger partial charge in [-0.1, -0.05) is 0 Å². The van der Waals surface area contributed by atoms with Crippen LogP contribution >= 0.6 is 0 Å². The second-order valence-electron chi connectivity index (χ2n) is 4.42. The summed E-state index contributed by atoms with van der Waals surface area (Å²) in [4.78, 5) is 11.4. The molecule has 2 N–H and O–H groups in total. The molecule has 0 aromatic rings. The second-order valence-corrected chi connectivity index (χ2v) is 4.42.